The quantitative estimate of drug-likeness (QED) is 0.618. The van der Waals surface area contributed by atoms with Crippen LogP contribution in [0.25, 0.3) is 0 Å². The van der Waals surface area contributed by atoms with E-state index in [0.717, 1.165) is 0 Å². The lowest BCUT2D eigenvalue weighted by Crippen LogP contribution is -1.80. The molecule has 0 rings (SSSR count). The molecule has 48 valence electrons. The minimum Gasteiger partial charge on any atom is -0.497 e. The summed E-state index contributed by atoms with van der Waals surface area (Å²) in [6, 6.07) is 0. The van der Waals surface area contributed by atoms with Crippen LogP contribution in [-0.2, 0) is 9.47 Å². The first-order valence-electron chi connectivity index (χ1n) is 2.32. The summed E-state index contributed by atoms with van der Waals surface area (Å²) >= 11 is 3.09. The maximum Gasteiger partial charge on any atom is 0.196 e. The highest BCUT2D eigenvalue weighted by atomic mass is 79.9. The maximum atomic E-state index is 4.85. The zero-order chi connectivity index (χ0) is 6.41. The molecular weight excluding hydrogens is 172 g/mol. The highest BCUT2D eigenvalue weighted by molar-refractivity contribution is 9.11. The Morgan fingerprint density at radius 2 is 2.38 bits per heavy atom. The smallest absolute Gasteiger partial charge is 0.196 e. The number of rotatable bonds is 3. The van der Waals surface area contributed by atoms with Gasteiger partial charge in [0.2, 0.25) is 0 Å². The molecule has 8 heavy (non-hydrogen) atoms. The van der Waals surface area contributed by atoms with E-state index in [1.54, 1.807) is 7.11 Å². The lowest BCUT2D eigenvalue weighted by Gasteiger charge is -1.95. The lowest BCUT2D eigenvalue weighted by atomic mass is 10.9. The van der Waals surface area contributed by atoms with Gasteiger partial charge >= 0.3 is 0 Å². The van der Waals surface area contributed by atoms with E-state index in [1.165, 1.54) is 6.26 Å². The first-order chi connectivity index (χ1) is 3.81. The molecule has 0 spiro atoms. The minimum absolute atomic E-state index is 0.611. The van der Waals surface area contributed by atoms with Crippen molar-refractivity contribution in [3.8, 4) is 0 Å². The van der Waals surface area contributed by atoms with Crippen LogP contribution in [0.15, 0.2) is 10.9 Å². The summed E-state index contributed by atoms with van der Waals surface area (Å²) in [5.41, 5.74) is 0. The van der Waals surface area contributed by atoms with E-state index in [9.17, 15) is 0 Å². The van der Waals surface area contributed by atoms with E-state index in [4.69, 9.17) is 9.47 Å². The molecule has 0 aromatic carbocycles. The van der Waals surface area contributed by atoms with Crippen molar-refractivity contribution in [3.05, 3.63) is 10.9 Å². The normalized spacial score (nSPS) is 11.1. The Morgan fingerprint density at radius 3 is 2.75 bits per heavy atom. The van der Waals surface area contributed by atoms with Crippen LogP contribution in [-0.4, -0.2) is 13.7 Å². The zero-order valence-corrected chi connectivity index (χ0v) is 6.56. The second kappa shape index (κ2) is 4.97. The van der Waals surface area contributed by atoms with Crippen molar-refractivity contribution in [1.82, 2.24) is 0 Å². The number of halogens is 1. The molecule has 0 aliphatic carbocycles. The second-order valence-electron chi connectivity index (χ2n) is 1.08. The van der Waals surface area contributed by atoms with Gasteiger partial charge in [0.1, 0.15) is 6.26 Å². The fraction of sp³-hybridized carbons (Fsp3) is 0.600. The fourth-order valence-electron chi connectivity index (χ4n) is 0.197. The van der Waals surface area contributed by atoms with Gasteiger partial charge in [-0.15, -0.1) is 0 Å². The monoisotopic (exact) mass is 180 g/mol. The van der Waals surface area contributed by atoms with Gasteiger partial charge in [0.05, 0.1) is 13.7 Å². The van der Waals surface area contributed by atoms with Crippen LogP contribution in [0, 0.1) is 0 Å². The average molecular weight is 181 g/mol. The SMILES string of the molecule is CCOC=C(Br)OC. The minimum atomic E-state index is 0.611. The molecule has 0 N–H and O–H groups in total. The zero-order valence-electron chi connectivity index (χ0n) is 4.98. The Labute approximate surface area is 57.6 Å². The van der Waals surface area contributed by atoms with Crippen LogP contribution in [0.3, 0.4) is 0 Å². The Balaban J connectivity index is 3.26. The van der Waals surface area contributed by atoms with Gasteiger partial charge in [-0.05, 0) is 22.9 Å². The van der Waals surface area contributed by atoms with Crippen LogP contribution in [0.1, 0.15) is 6.92 Å². The molecule has 0 saturated heterocycles. The summed E-state index contributed by atoms with van der Waals surface area (Å²) in [4.78, 5) is 0. The molecule has 0 aromatic rings. The molecule has 0 atom stereocenters. The first kappa shape index (κ1) is 7.82. The number of methoxy groups -OCH3 is 1. The van der Waals surface area contributed by atoms with Gasteiger partial charge < -0.3 is 9.47 Å². The maximum absolute atomic E-state index is 4.85. The molecule has 0 radical (unpaired) electrons. The van der Waals surface area contributed by atoms with Gasteiger partial charge in [-0.2, -0.15) is 0 Å². The fourth-order valence-corrected chi connectivity index (χ4v) is 0.329. The molecule has 0 unspecified atom stereocenters. The molecule has 0 heterocycles. The number of ether oxygens (including phenoxy) is 2. The summed E-state index contributed by atoms with van der Waals surface area (Å²) in [5, 5.41) is 0. The second-order valence-corrected chi connectivity index (χ2v) is 1.86. The van der Waals surface area contributed by atoms with Gasteiger partial charge in [0, 0.05) is 0 Å². The Bertz CT molecular complexity index is 80.5. The number of hydrogen-bond acceptors (Lipinski definition) is 2. The van der Waals surface area contributed by atoms with Crippen molar-refractivity contribution < 1.29 is 9.47 Å². The van der Waals surface area contributed by atoms with Crippen LogP contribution in [0.5, 0.6) is 0 Å². The molecule has 0 aliphatic rings. The summed E-state index contributed by atoms with van der Waals surface area (Å²) in [6.07, 6.45) is 1.51. The van der Waals surface area contributed by atoms with Crippen LogP contribution in [0.4, 0.5) is 0 Å². The molecule has 0 amide bonds. The van der Waals surface area contributed by atoms with Gasteiger partial charge in [0.15, 0.2) is 4.67 Å². The largest absolute Gasteiger partial charge is 0.497 e. The van der Waals surface area contributed by atoms with E-state index in [-0.39, 0.29) is 0 Å². The summed E-state index contributed by atoms with van der Waals surface area (Å²) in [6.45, 7) is 2.57. The summed E-state index contributed by atoms with van der Waals surface area (Å²) in [5.74, 6) is 0. The standard InChI is InChI=1S/C5H9BrO2/c1-3-8-4-5(6)7-2/h4H,3H2,1-2H3. The molecule has 0 aliphatic heterocycles. The van der Waals surface area contributed by atoms with Gasteiger partial charge in [-0.3, -0.25) is 0 Å². The van der Waals surface area contributed by atoms with Crippen molar-refractivity contribution in [3.63, 3.8) is 0 Å². The van der Waals surface area contributed by atoms with E-state index in [1.807, 2.05) is 6.92 Å². The highest BCUT2D eigenvalue weighted by Gasteiger charge is 1.82. The highest BCUT2D eigenvalue weighted by Crippen LogP contribution is 2.03. The first-order valence-corrected chi connectivity index (χ1v) is 3.11. The molecule has 0 bridgehead atoms. The molecular formula is C5H9BrO2. The third-order valence-corrected chi connectivity index (χ3v) is 1.05. The van der Waals surface area contributed by atoms with Crippen molar-refractivity contribution in [2.24, 2.45) is 0 Å². The van der Waals surface area contributed by atoms with Crippen molar-refractivity contribution in [2.75, 3.05) is 13.7 Å². The van der Waals surface area contributed by atoms with E-state index in [2.05, 4.69) is 15.9 Å². The molecule has 3 heteroatoms. The molecule has 0 fully saturated rings. The van der Waals surface area contributed by atoms with Crippen molar-refractivity contribution in [2.45, 2.75) is 6.92 Å². The van der Waals surface area contributed by atoms with E-state index >= 15 is 0 Å². The summed E-state index contributed by atoms with van der Waals surface area (Å²) < 4.78 is 10.2. The number of hydrogen-bond donors (Lipinski definition) is 0. The molecule has 2 nitrogen and oxygen atoms in total. The predicted octanol–water partition coefficient (Wildman–Crippen LogP) is 1.86. The van der Waals surface area contributed by atoms with E-state index < -0.39 is 0 Å². The van der Waals surface area contributed by atoms with Gasteiger partial charge in [0.25, 0.3) is 0 Å². The predicted molar refractivity (Wildman–Crippen MR) is 35.6 cm³/mol. The van der Waals surface area contributed by atoms with Gasteiger partial charge in [-0.25, -0.2) is 0 Å². The van der Waals surface area contributed by atoms with Crippen molar-refractivity contribution >= 4 is 15.9 Å². The van der Waals surface area contributed by atoms with Gasteiger partial charge in [-0.1, -0.05) is 0 Å². The summed E-state index contributed by atoms with van der Waals surface area (Å²) in [7, 11) is 1.57. The van der Waals surface area contributed by atoms with Crippen LogP contribution >= 0.6 is 15.9 Å². The third kappa shape index (κ3) is 3.99. The lowest BCUT2D eigenvalue weighted by molar-refractivity contribution is 0.238. The average Bonchev–Trinajstić information content (AvgIpc) is 1.83. The van der Waals surface area contributed by atoms with Crippen LogP contribution < -0.4 is 0 Å². The van der Waals surface area contributed by atoms with E-state index in [0.29, 0.717) is 11.3 Å². The third-order valence-electron chi connectivity index (χ3n) is 0.538. The van der Waals surface area contributed by atoms with Crippen LogP contribution in [0.2, 0.25) is 0 Å². The Hall–Kier alpha value is -0.180. The van der Waals surface area contributed by atoms with Crippen molar-refractivity contribution in [1.29, 1.82) is 0 Å². The Morgan fingerprint density at radius 1 is 1.75 bits per heavy atom. The Kier molecular flexibility index (Phi) is 4.85. The topological polar surface area (TPSA) is 18.5 Å². The molecule has 0 saturated carbocycles. The molecule has 0 aromatic heterocycles.